The zero-order valence-corrected chi connectivity index (χ0v) is 22.6. The number of rotatable bonds is 5. The fourth-order valence-electron chi connectivity index (χ4n) is 6.52. The molecule has 2 fully saturated rings. The molecule has 4 amide bonds. The second-order valence-electron chi connectivity index (χ2n) is 11.0. The average Bonchev–Trinajstić information content (AvgIpc) is 3.20. The average molecular weight is 537 g/mol. The third-order valence-electron chi connectivity index (χ3n) is 8.30. The number of anilines is 1. The van der Waals surface area contributed by atoms with Crippen LogP contribution in [0.15, 0.2) is 78.9 Å². The van der Waals surface area contributed by atoms with Gasteiger partial charge in [0.1, 0.15) is 6.04 Å². The molecule has 40 heavy (non-hydrogen) atoms. The summed E-state index contributed by atoms with van der Waals surface area (Å²) in [5.41, 5.74) is 3.97. The molecule has 6 rings (SSSR count). The van der Waals surface area contributed by atoms with Crippen LogP contribution in [0.4, 0.5) is 5.69 Å². The molecule has 0 aromatic heterocycles. The lowest BCUT2D eigenvalue weighted by Crippen LogP contribution is -2.58. The first-order valence-electron chi connectivity index (χ1n) is 13.8. The standard InChI is InChI=1S/C32H32N4O4/c1-20-18-34(19-21(2)35(20)29(22-9-5-3-6-10-22)23-11-7-4-8-12-23)24-13-14-25-26(17-24)32(40)36(31(25)39)27-15-16-28(37)33-30(27)38/h3-14,17,20-21,27,29H,15-16,18-19H2,1-2H3,(H,33,37,38). The lowest BCUT2D eigenvalue weighted by molar-refractivity contribution is -0.136. The molecular formula is C32H32N4O4. The van der Waals surface area contributed by atoms with Gasteiger partial charge in [-0.25, -0.2) is 0 Å². The fourth-order valence-corrected chi connectivity index (χ4v) is 6.52. The number of nitrogens with one attached hydrogen (secondary N) is 1. The van der Waals surface area contributed by atoms with Gasteiger partial charge in [0.05, 0.1) is 17.2 Å². The Hall–Kier alpha value is -4.30. The Morgan fingerprint density at radius 1 is 0.750 bits per heavy atom. The van der Waals surface area contributed by atoms with Crippen molar-refractivity contribution in [2.45, 2.75) is 50.9 Å². The summed E-state index contributed by atoms with van der Waals surface area (Å²) in [6.07, 6.45) is 0.242. The maximum Gasteiger partial charge on any atom is 0.262 e. The van der Waals surface area contributed by atoms with Crippen molar-refractivity contribution < 1.29 is 19.2 Å². The van der Waals surface area contributed by atoms with Crippen molar-refractivity contribution >= 4 is 29.3 Å². The van der Waals surface area contributed by atoms with E-state index in [1.165, 1.54) is 11.1 Å². The summed E-state index contributed by atoms with van der Waals surface area (Å²) in [6.45, 7) is 5.96. The number of fused-ring (bicyclic) bond motifs is 1. The number of carbonyl (C=O) groups excluding carboxylic acids is 4. The fraction of sp³-hybridized carbons (Fsp3) is 0.312. The number of nitrogens with zero attached hydrogens (tertiary/aromatic N) is 3. The van der Waals surface area contributed by atoms with E-state index in [0.29, 0.717) is 11.1 Å². The van der Waals surface area contributed by atoms with Gasteiger partial charge < -0.3 is 4.90 Å². The number of hydrogen-bond acceptors (Lipinski definition) is 6. The molecule has 3 unspecified atom stereocenters. The van der Waals surface area contributed by atoms with Crippen LogP contribution in [0.2, 0.25) is 0 Å². The molecule has 3 aliphatic rings. The quantitative estimate of drug-likeness (QED) is 0.500. The summed E-state index contributed by atoms with van der Waals surface area (Å²) in [5.74, 6) is -1.95. The molecule has 0 saturated carbocycles. The van der Waals surface area contributed by atoms with Gasteiger partial charge in [-0.05, 0) is 49.6 Å². The van der Waals surface area contributed by atoms with Gasteiger partial charge >= 0.3 is 0 Å². The Kier molecular flexibility index (Phi) is 6.72. The highest BCUT2D eigenvalue weighted by Crippen LogP contribution is 2.37. The van der Waals surface area contributed by atoms with Crippen LogP contribution < -0.4 is 10.2 Å². The molecule has 3 aromatic carbocycles. The minimum absolute atomic E-state index is 0.0993. The smallest absolute Gasteiger partial charge is 0.262 e. The minimum atomic E-state index is -0.968. The molecule has 3 atom stereocenters. The molecule has 8 heteroatoms. The van der Waals surface area contributed by atoms with Crippen molar-refractivity contribution in [2.24, 2.45) is 0 Å². The first-order chi connectivity index (χ1) is 19.3. The molecule has 0 spiro atoms. The molecule has 8 nitrogen and oxygen atoms in total. The van der Waals surface area contributed by atoms with E-state index >= 15 is 0 Å². The van der Waals surface area contributed by atoms with Crippen molar-refractivity contribution in [3.8, 4) is 0 Å². The van der Waals surface area contributed by atoms with E-state index < -0.39 is 23.8 Å². The van der Waals surface area contributed by atoms with Crippen molar-refractivity contribution in [1.82, 2.24) is 15.1 Å². The summed E-state index contributed by atoms with van der Waals surface area (Å²) in [6, 6.07) is 26.0. The van der Waals surface area contributed by atoms with E-state index in [1.54, 1.807) is 12.1 Å². The summed E-state index contributed by atoms with van der Waals surface area (Å²) >= 11 is 0. The number of piperazine rings is 1. The van der Waals surface area contributed by atoms with E-state index in [9.17, 15) is 19.2 Å². The van der Waals surface area contributed by atoms with E-state index in [1.807, 2.05) is 18.2 Å². The molecule has 0 aliphatic carbocycles. The van der Waals surface area contributed by atoms with Gasteiger partial charge in [0.15, 0.2) is 0 Å². The number of benzene rings is 3. The Labute approximate surface area is 233 Å². The predicted octanol–water partition coefficient (Wildman–Crippen LogP) is 3.78. The minimum Gasteiger partial charge on any atom is -0.368 e. The molecule has 0 radical (unpaired) electrons. The van der Waals surface area contributed by atoms with Gasteiger partial charge in [-0.1, -0.05) is 60.7 Å². The van der Waals surface area contributed by atoms with Crippen LogP contribution in [0.25, 0.3) is 0 Å². The summed E-state index contributed by atoms with van der Waals surface area (Å²) in [5, 5.41) is 2.25. The SMILES string of the molecule is CC1CN(c2ccc3c(c2)C(=O)N(C2CCC(=O)NC2=O)C3=O)CC(C)N1C(c1ccccc1)c1ccccc1. The first-order valence-corrected chi connectivity index (χ1v) is 13.8. The normalized spacial score (nSPS) is 23.5. The highest BCUT2D eigenvalue weighted by molar-refractivity contribution is 6.23. The van der Waals surface area contributed by atoms with Crippen molar-refractivity contribution in [3.63, 3.8) is 0 Å². The van der Waals surface area contributed by atoms with E-state index in [-0.39, 0.29) is 36.9 Å². The summed E-state index contributed by atoms with van der Waals surface area (Å²) in [4.78, 5) is 56.4. The first kappa shape index (κ1) is 26.0. The second kappa shape index (κ2) is 10.4. The number of imide groups is 2. The zero-order chi connectivity index (χ0) is 28.0. The van der Waals surface area contributed by atoms with Crippen molar-refractivity contribution in [3.05, 3.63) is 101 Å². The number of carbonyl (C=O) groups is 4. The van der Waals surface area contributed by atoms with Gasteiger partial charge in [-0.2, -0.15) is 0 Å². The molecule has 3 aromatic rings. The number of hydrogen-bond donors (Lipinski definition) is 1. The van der Waals surface area contributed by atoms with E-state index in [2.05, 4.69) is 77.5 Å². The number of piperidine rings is 1. The third kappa shape index (κ3) is 4.48. The largest absolute Gasteiger partial charge is 0.368 e. The molecule has 204 valence electrons. The maximum absolute atomic E-state index is 13.4. The lowest BCUT2D eigenvalue weighted by Gasteiger charge is -2.49. The van der Waals surface area contributed by atoms with E-state index in [4.69, 9.17) is 0 Å². The summed E-state index contributed by atoms with van der Waals surface area (Å²) < 4.78 is 0. The Balaban J connectivity index is 1.25. The van der Waals surface area contributed by atoms with Crippen LogP contribution in [-0.2, 0) is 9.59 Å². The van der Waals surface area contributed by atoms with E-state index in [0.717, 1.165) is 23.7 Å². The monoisotopic (exact) mass is 536 g/mol. The highest BCUT2D eigenvalue weighted by atomic mass is 16.2. The van der Waals surface area contributed by atoms with Gasteiger partial charge in [-0.15, -0.1) is 0 Å². The van der Waals surface area contributed by atoms with Crippen LogP contribution in [-0.4, -0.2) is 64.6 Å². The van der Waals surface area contributed by atoms with Gasteiger partial charge in [-0.3, -0.25) is 34.3 Å². The van der Waals surface area contributed by atoms with Crippen molar-refractivity contribution in [1.29, 1.82) is 0 Å². The molecule has 3 aliphatic heterocycles. The van der Waals surface area contributed by atoms with Gasteiger partial charge in [0.2, 0.25) is 11.8 Å². The van der Waals surface area contributed by atoms with Crippen molar-refractivity contribution in [2.75, 3.05) is 18.0 Å². The second-order valence-corrected chi connectivity index (χ2v) is 11.0. The van der Waals surface area contributed by atoms with Crippen LogP contribution >= 0.6 is 0 Å². The molecule has 1 N–H and O–H groups in total. The summed E-state index contributed by atoms with van der Waals surface area (Å²) in [7, 11) is 0. The molecular weight excluding hydrogens is 504 g/mol. The van der Waals surface area contributed by atoms with Crippen LogP contribution in [0.5, 0.6) is 0 Å². The predicted molar refractivity (Wildman–Crippen MR) is 151 cm³/mol. The zero-order valence-electron chi connectivity index (χ0n) is 22.6. The maximum atomic E-state index is 13.4. The molecule has 2 saturated heterocycles. The highest BCUT2D eigenvalue weighted by Gasteiger charge is 2.45. The topological polar surface area (TPSA) is 90.0 Å². The van der Waals surface area contributed by atoms with Gasteiger partial charge in [0, 0.05) is 37.3 Å². The van der Waals surface area contributed by atoms with Crippen LogP contribution in [0.1, 0.15) is 64.6 Å². The third-order valence-corrected chi connectivity index (χ3v) is 8.30. The molecule has 3 heterocycles. The number of amides is 4. The van der Waals surface area contributed by atoms with Crippen LogP contribution in [0.3, 0.4) is 0 Å². The lowest BCUT2D eigenvalue weighted by atomic mass is 9.92. The van der Waals surface area contributed by atoms with Gasteiger partial charge in [0.25, 0.3) is 11.8 Å². The van der Waals surface area contributed by atoms with Crippen LogP contribution in [0, 0.1) is 0 Å². The molecule has 0 bridgehead atoms. The Morgan fingerprint density at radius 3 is 1.90 bits per heavy atom. The Morgan fingerprint density at radius 2 is 1.32 bits per heavy atom. The Bertz CT molecular complexity index is 1420.